The standard InChI is InChI=1S/C13H20N4OS/c1-8-9(2)15-16-13(11(8)12(14)19)18-10-4-6-17(3)7-5-10/h10H,4-7H2,1-3H3,(H2,14,19). The fourth-order valence-corrected chi connectivity index (χ4v) is 2.46. The Bertz CT molecular complexity index is 484. The lowest BCUT2D eigenvalue weighted by atomic mass is 10.1. The molecule has 0 spiro atoms. The summed E-state index contributed by atoms with van der Waals surface area (Å²) in [5.41, 5.74) is 8.29. The van der Waals surface area contributed by atoms with Crippen LogP contribution in [0.5, 0.6) is 5.88 Å². The topological polar surface area (TPSA) is 64.3 Å². The summed E-state index contributed by atoms with van der Waals surface area (Å²) in [5.74, 6) is 0.477. The molecule has 5 nitrogen and oxygen atoms in total. The monoisotopic (exact) mass is 280 g/mol. The van der Waals surface area contributed by atoms with Crippen molar-refractivity contribution < 1.29 is 4.74 Å². The third kappa shape index (κ3) is 3.19. The number of hydrogen-bond acceptors (Lipinski definition) is 5. The number of aryl methyl sites for hydroxylation is 1. The van der Waals surface area contributed by atoms with Gasteiger partial charge in [0, 0.05) is 13.1 Å². The van der Waals surface area contributed by atoms with E-state index >= 15 is 0 Å². The number of piperidine rings is 1. The fourth-order valence-electron chi connectivity index (χ4n) is 2.22. The minimum atomic E-state index is 0.167. The Labute approximate surface area is 119 Å². The summed E-state index contributed by atoms with van der Waals surface area (Å²) in [5, 5.41) is 8.22. The first kappa shape index (κ1) is 14.1. The van der Waals surface area contributed by atoms with Gasteiger partial charge in [-0.1, -0.05) is 12.2 Å². The lowest BCUT2D eigenvalue weighted by Crippen LogP contribution is -2.36. The minimum Gasteiger partial charge on any atom is -0.473 e. The van der Waals surface area contributed by atoms with Crippen molar-refractivity contribution in [3.8, 4) is 5.88 Å². The summed E-state index contributed by atoms with van der Waals surface area (Å²) in [6.45, 7) is 5.90. The summed E-state index contributed by atoms with van der Waals surface area (Å²) < 4.78 is 5.96. The molecule has 2 heterocycles. The molecule has 2 N–H and O–H groups in total. The first-order valence-corrected chi connectivity index (χ1v) is 6.88. The third-order valence-electron chi connectivity index (χ3n) is 3.61. The van der Waals surface area contributed by atoms with Crippen LogP contribution in [0.25, 0.3) is 0 Å². The van der Waals surface area contributed by atoms with E-state index in [1.807, 2.05) is 13.8 Å². The number of likely N-dealkylation sites (tertiary alicyclic amines) is 1. The molecule has 0 atom stereocenters. The molecule has 1 fully saturated rings. The Morgan fingerprint density at radius 2 is 1.95 bits per heavy atom. The van der Waals surface area contributed by atoms with E-state index in [4.69, 9.17) is 22.7 Å². The predicted molar refractivity (Wildman–Crippen MR) is 78.5 cm³/mol. The van der Waals surface area contributed by atoms with Crippen LogP contribution in [0.15, 0.2) is 0 Å². The summed E-state index contributed by atoms with van der Waals surface area (Å²) in [6.07, 6.45) is 2.14. The van der Waals surface area contributed by atoms with Gasteiger partial charge in [0.05, 0.1) is 11.3 Å². The second kappa shape index (κ2) is 5.79. The van der Waals surface area contributed by atoms with Gasteiger partial charge in [-0.15, -0.1) is 5.10 Å². The van der Waals surface area contributed by atoms with Crippen molar-refractivity contribution in [2.45, 2.75) is 32.8 Å². The van der Waals surface area contributed by atoms with Crippen molar-refractivity contribution in [2.75, 3.05) is 20.1 Å². The first-order chi connectivity index (χ1) is 8.99. The van der Waals surface area contributed by atoms with Crippen molar-refractivity contribution in [1.29, 1.82) is 0 Å². The highest BCUT2D eigenvalue weighted by Gasteiger charge is 2.22. The lowest BCUT2D eigenvalue weighted by molar-refractivity contribution is 0.108. The van der Waals surface area contributed by atoms with Crippen molar-refractivity contribution in [1.82, 2.24) is 15.1 Å². The lowest BCUT2D eigenvalue weighted by Gasteiger charge is -2.29. The van der Waals surface area contributed by atoms with Crippen LogP contribution >= 0.6 is 12.2 Å². The molecule has 0 aliphatic carbocycles. The molecule has 1 aromatic heterocycles. The summed E-state index contributed by atoms with van der Waals surface area (Å²) in [4.78, 5) is 2.61. The van der Waals surface area contributed by atoms with Gasteiger partial charge in [0.1, 0.15) is 11.1 Å². The highest BCUT2D eigenvalue weighted by molar-refractivity contribution is 7.80. The van der Waals surface area contributed by atoms with Crippen LogP contribution in [-0.4, -0.2) is 46.3 Å². The zero-order valence-corrected chi connectivity index (χ0v) is 12.5. The molecule has 1 aliphatic rings. The molecule has 0 amide bonds. The molecule has 1 aliphatic heterocycles. The largest absolute Gasteiger partial charge is 0.473 e. The van der Waals surface area contributed by atoms with E-state index in [2.05, 4.69) is 22.1 Å². The normalized spacial score (nSPS) is 17.4. The number of nitrogens with two attached hydrogens (primary N) is 1. The highest BCUT2D eigenvalue weighted by atomic mass is 32.1. The van der Waals surface area contributed by atoms with Gasteiger partial charge in [-0.05, 0) is 39.3 Å². The maximum Gasteiger partial charge on any atom is 0.244 e. The number of thiocarbonyl (C=S) groups is 1. The van der Waals surface area contributed by atoms with Gasteiger partial charge in [-0.2, -0.15) is 5.10 Å². The van der Waals surface area contributed by atoms with E-state index < -0.39 is 0 Å². The average Bonchev–Trinajstić information content (AvgIpc) is 2.36. The second-order valence-electron chi connectivity index (χ2n) is 5.08. The van der Waals surface area contributed by atoms with E-state index in [1.54, 1.807) is 0 Å². The maximum atomic E-state index is 5.96. The number of aromatic nitrogens is 2. The average molecular weight is 280 g/mol. The van der Waals surface area contributed by atoms with Crippen molar-refractivity contribution in [2.24, 2.45) is 5.73 Å². The third-order valence-corrected chi connectivity index (χ3v) is 3.82. The Balaban J connectivity index is 2.20. The van der Waals surface area contributed by atoms with Crippen LogP contribution in [0.4, 0.5) is 0 Å². The van der Waals surface area contributed by atoms with E-state index in [-0.39, 0.29) is 6.10 Å². The van der Waals surface area contributed by atoms with Crippen LogP contribution in [0.3, 0.4) is 0 Å². The quantitative estimate of drug-likeness (QED) is 0.839. The van der Waals surface area contributed by atoms with E-state index in [0.717, 1.165) is 42.8 Å². The molecule has 104 valence electrons. The smallest absolute Gasteiger partial charge is 0.244 e. The molecule has 1 aromatic rings. The Hall–Kier alpha value is -1.27. The fraction of sp³-hybridized carbons (Fsp3) is 0.615. The van der Waals surface area contributed by atoms with Crippen LogP contribution in [0.1, 0.15) is 29.7 Å². The summed E-state index contributed by atoms with van der Waals surface area (Å²) >= 11 is 5.10. The minimum absolute atomic E-state index is 0.167. The summed E-state index contributed by atoms with van der Waals surface area (Å²) in [6, 6.07) is 0. The van der Waals surface area contributed by atoms with Gasteiger partial charge < -0.3 is 15.4 Å². The molecule has 2 rings (SSSR count). The summed E-state index contributed by atoms with van der Waals surface area (Å²) in [7, 11) is 2.12. The predicted octanol–water partition coefficient (Wildman–Crippen LogP) is 1.20. The van der Waals surface area contributed by atoms with E-state index in [9.17, 15) is 0 Å². The molecule has 0 saturated carbocycles. The molecule has 0 aromatic carbocycles. The molecule has 0 bridgehead atoms. The van der Waals surface area contributed by atoms with Crippen molar-refractivity contribution in [3.63, 3.8) is 0 Å². The Morgan fingerprint density at radius 3 is 2.53 bits per heavy atom. The van der Waals surface area contributed by atoms with Crippen molar-refractivity contribution >= 4 is 17.2 Å². The number of hydrogen-bond donors (Lipinski definition) is 1. The van der Waals surface area contributed by atoms with Crippen LogP contribution in [-0.2, 0) is 0 Å². The van der Waals surface area contributed by atoms with Crippen molar-refractivity contribution in [3.05, 3.63) is 16.8 Å². The SMILES string of the molecule is Cc1nnc(OC2CCN(C)CC2)c(C(N)=S)c1C. The Morgan fingerprint density at radius 1 is 1.32 bits per heavy atom. The molecule has 0 radical (unpaired) electrons. The molecule has 1 saturated heterocycles. The number of rotatable bonds is 3. The first-order valence-electron chi connectivity index (χ1n) is 6.48. The van der Waals surface area contributed by atoms with Crippen LogP contribution in [0, 0.1) is 13.8 Å². The zero-order chi connectivity index (χ0) is 14.0. The van der Waals surface area contributed by atoms with E-state index in [0.29, 0.717) is 10.9 Å². The van der Waals surface area contributed by atoms with Gasteiger partial charge in [-0.3, -0.25) is 0 Å². The molecule has 6 heteroatoms. The van der Waals surface area contributed by atoms with E-state index in [1.165, 1.54) is 0 Å². The highest BCUT2D eigenvalue weighted by Crippen LogP contribution is 2.23. The second-order valence-corrected chi connectivity index (χ2v) is 5.52. The molecular weight excluding hydrogens is 260 g/mol. The van der Waals surface area contributed by atoms with Gasteiger partial charge in [0.15, 0.2) is 0 Å². The van der Waals surface area contributed by atoms with Gasteiger partial charge in [0.25, 0.3) is 0 Å². The van der Waals surface area contributed by atoms with Gasteiger partial charge >= 0.3 is 0 Å². The van der Waals surface area contributed by atoms with Crippen LogP contribution in [0.2, 0.25) is 0 Å². The molecule has 0 unspecified atom stereocenters. The molecule has 19 heavy (non-hydrogen) atoms. The van der Waals surface area contributed by atoms with Gasteiger partial charge in [0.2, 0.25) is 5.88 Å². The maximum absolute atomic E-state index is 5.96. The zero-order valence-electron chi connectivity index (χ0n) is 11.6. The number of nitrogens with zero attached hydrogens (tertiary/aromatic N) is 3. The van der Waals surface area contributed by atoms with Gasteiger partial charge in [-0.25, -0.2) is 0 Å². The number of ether oxygens (including phenoxy) is 1. The Kier molecular flexibility index (Phi) is 4.31. The molecular formula is C13H20N4OS. The van der Waals surface area contributed by atoms with Crippen LogP contribution < -0.4 is 10.5 Å².